The zero-order valence-corrected chi connectivity index (χ0v) is 11.4. The van der Waals surface area contributed by atoms with E-state index in [1.807, 2.05) is 6.07 Å². The van der Waals surface area contributed by atoms with Gasteiger partial charge in [-0.2, -0.15) is 5.10 Å². The van der Waals surface area contributed by atoms with Crippen LogP contribution in [0.25, 0.3) is 11.4 Å². The third kappa shape index (κ3) is 1.85. The van der Waals surface area contributed by atoms with E-state index in [-0.39, 0.29) is 18.2 Å². The van der Waals surface area contributed by atoms with Crippen molar-refractivity contribution in [1.29, 1.82) is 0 Å². The first-order valence-electron chi connectivity index (χ1n) is 5.97. The number of hydrogen-bond acceptors (Lipinski definition) is 5. The molecule has 2 aromatic heterocycles. The molecule has 1 aliphatic rings. The van der Waals surface area contributed by atoms with Crippen LogP contribution in [0.4, 0.5) is 0 Å². The minimum atomic E-state index is -0.644. The highest BCUT2D eigenvalue weighted by Crippen LogP contribution is 2.28. The smallest absolute Gasteiger partial charge is 0.252 e. The van der Waals surface area contributed by atoms with E-state index in [0.717, 1.165) is 10.5 Å². The van der Waals surface area contributed by atoms with Crippen molar-refractivity contribution in [2.75, 3.05) is 7.05 Å². The number of amides is 2. The second-order valence-corrected chi connectivity index (χ2v) is 4.86. The Balaban J connectivity index is 2.12. The average molecular weight is 289 g/mol. The molecule has 7 nitrogen and oxygen atoms in total. The number of hydrogen-bond donors (Lipinski definition) is 1. The maximum atomic E-state index is 12.1. The molecule has 20 heavy (non-hydrogen) atoms. The molecule has 8 heteroatoms. The van der Waals surface area contributed by atoms with Gasteiger partial charge in [-0.3, -0.25) is 29.1 Å². The maximum Gasteiger partial charge on any atom is 0.252 e. The number of aromatic amines is 1. The number of likely N-dealkylation sites (tertiary alicyclic amines) is 1. The third-order valence-electron chi connectivity index (χ3n) is 3.29. The molecule has 2 aromatic rings. The van der Waals surface area contributed by atoms with Crippen molar-refractivity contribution >= 4 is 24.0 Å². The van der Waals surface area contributed by atoms with Gasteiger partial charge in [0.25, 0.3) is 5.91 Å². The predicted octanol–water partition coefficient (Wildman–Crippen LogP) is 0.932. The van der Waals surface area contributed by atoms with Crippen LogP contribution in [-0.4, -0.2) is 43.5 Å². The summed E-state index contributed by atoms with van der Waals surface area (Å²) in [6.45, 7) is 0. The van der Waals surface area contributed by atoms with Gasteiger partial charge in [0.05, 0.1) is 6.42 Å². The van der Waals surface area contributed by atoms with E-state index in [0.29, 0.717) is 10.6 Å². The van der Waals surface area contributed by atoms with Gasteiger partial charge in [-0.25, -0.2) is 0 Å². The van der Waals surface area contributed by atoms with Crippen LogP contribution in [0.1, 0.15) is 12.5 Å². The van der Waals surface area contributed by atoms with Crippen molar-refractivity contribution < 1.29 is 9.59 Å². The first kappa shape index (κ1) is 12.7. The lowest BCUT2D eigenvalue weighted by Gasteiger charge is -2.12. The van der Waals surface area contributed by atoms with Crippen LogP contribution in [0.5, 0.6) is 0 Å². The van der Waals surface area contributed by atoms with Crippen LogP contribution < -0.4 is 0 Å². The molecule has 1 N–H and O–H groups in total. The highest BCUT2D eigenvalue weighted by molar-refractivity contribution is 7.71. The zero-order chi connectivity index (χ0) is 14.3. The molecule has 1 fully saturated rings. The summed E-state index contributed by atoms with van der Waals surface area (Å²) in [5.41, 5.74) is 0.731. The van der Waals surface area contributed by atoms with E-state index >= 15 is 0 Å². The van der Waals surface area contributed by atoms with Crippen LogP contribution in [0.15, 0.2) is 24.5 Å². The number of imide groups is 1. The lowest BCUT2D eigenvalue weighted by Crippen LogP contribution is -2.27. The fourth-order valence-electron chi connectivity index (χ4n) is 2.23. The summed E-state index contributed by atoms with van der Waals surface area (Å²) in [4.78, 5) is 28.9. The Morgan fingerprint density at radius 1 is 1.45 bits per heavy atom. The van der Waals surface area contributed by atoms with Crippen molar-refractivity contribution in [3.63, 3.8) is 0 Å². The van der Waals surface area contributed by atoms with Crippen LogP contribution in [0.2, 0.25) is 0 Å². The van der Waals surface area contributed by atoms with E-state index in [9.17, 15) is 9.59 Å². The molecule has 1 aliphatic heterocycles. The predicted molar refractivity (Wildman–Crippen MR) is 72.1 cm³/mol. The van der Waals surface area contributed by atoms with E-state index in [1.165, 1.54) is 7.05 Å². The zero-order valence-electron chi connectivity index (χ0n) is 10.6. The number of H-pyrrole nitrogens is 1. The quantitative estimate of drug-likeness (QED) is 0.657. The molecule has 0 radical (unpaired) electrons. The molecular formula is C12H11N5O2S. The van der Waals surface area contributed by atoms with Gasteiger partial charge >= 0.3 is 0 Å². The number of pyridine rings is 1. The molecule has 0 saturated carbocycles. The summed E-state index contributed by atoms with van der Waals surface area (Å²) in [6.07, 6.45) is 3.37. The highest BCUT2D eigenvalue weighted by Gasteiger charge is 2.39. The van der Waals surface area contributed by atoms with Crippen molar-refractivity contribution in [2.45, 2.75) is 12.5 Å². The summed E-state index contributed by atoms with van der Waals surface area (Å²) in [7, 11) is 1.47. The van der Waals surface area contributed by atoms with Gasteiger partial charge in [0, 0.05) is 25.0 Å². The largest absolute Gasteiger partial charge is 0.287 e. The molecular weight excluding hydrogens is 278 g/mol. The number of carbonyl (C=O) groups excluding carboxylic acids is 2. The number of likely N-dealkylation sites (N-methyl/N-ethyl adjacent to an activating group) is 1. The maximum absolute atomic E-state index is 12.1. The van der Waals surface area contributed by atoms with Crippen molar-refractivity contribution in [2.24, 2.45) is 0 Å². The summed E-state index contributed by atoms with van der Waals surface area (Å²) in [5, 5.41) is 6.81. The van der Waals surface area contributed by atoms with E-state index < -0.39 is 6.04 Å². The van der Waals surface area contributed by atoms with Crippen LogP contribution in [0.3, 0.4) is 0 Å². The molecule has 1 saturated heterocycles. The summed E-state index contributed by atoms with van der Waals surface area (Å²) in [6, 6.07) is 2.94. The molecule has 0 spiro atoms. The molecule has 0 aromatic carbocycles. The topological polar surface area (TPSA) is 83.9 Å². The van der Waals surface area contributed by atoms with Crippen molar-refractivity contribution in [3.8, 4) is 11.4 Å². The Kier molecular flexibility index (Phi) is 2.94. The van der Waals surface area contributed by atoms with Crippen LogP contribution in [0, 0.1) is 4.77 Å². The lowest BCUT2D eigenvalue weighted by molar-refractivity contribution is -0.137. The molecule has 3 rings (SSSR count). The lowest BCUT2D eigenvalue weighted by atomic mass is 10.2. The number of aromatic nitrogens is 4. The molecule has 102 valence electrons. The summed E-state index contributed by atoms with van der Waals surface area (Å²) >= 11 is 5.18. The van der Waals surface area contributed by atoms with Crippen molar-refractivity contribution in [1.82, 2.24) is 24.6 Å². The molecule has 1 atom stereocenters. The number of carbonyl (C=O) groups is 2. The van der Waals surface area contributed by atoms with Gasteiger partial charge in [0.1, 0.15) is 6.04 Å². The number of rotatable bonds is 2. The van der Waals surface area contributed by atoms with E-state index in [2.05, 4.69) is 15.2 Å². The van der Waals surface area contributed by atoms with Crippen molar-refractivity contribution in [3.05, 3.63) is 29.3 Å². The van der Waals surface area contributed by atoms with Gasteiger partial charge in [-0.1, -0.05) is 0 Å². The van der Waals surface area contributed by atoms with Gasteiger partial charge in [0.2, 0.25) is 5.91 Å². The van der Waals surface area contributed by atoms with Gasteiger partial charge in [-0.15, -0.1) is 0 Å². The minimum Gasteiger partial charge on any atom is -0.287 e. The number of nitrogens with one attached hydrogen (secondary N) is 1. The first-order valence-corrected chi connectivity index (χ1v) is 6.38. The van der Waals surface area contributed by atoms with Gasteiger partial charge < -0.3 is 0 Å². The fraction of sp³-hybridized carbons (Fsp3) is 0.250. The SMILES string of the molecule is CN1C(=O)CC(n2c(-c3cccnc3)n[nH]c2=S)C1=O. The highest BCUT2D eigenvalue weighted by atomic mass is 32.1. The fourth-order valence-corrected chi connectivity index (χ4v) is 2.49. The van der Waals surface area contributed by atoms with Crippen LogP contribution in [-0.2, 0) is 9.59 Å². The Morgan fingerprint density at radius 2 is 2.25 bits per heavy atom. The standard InChI is InChI=1S/C12H11N5O2S/c1-16-9(18)5-8(11(16)19)17-10(14-15-12(17)20)7-3-2-4-13-6-7/h2-4,6,8H,5H2,1H3,(H,15,20). The van der Waals surface area contributed by atoms with Gasteiger partial charge in [-0.05, 0) is 24.4 Å². The van der Waals surface area contributed by atoms with Gasteiger partial charge in [0.15, 0.2) is 10.6 Å². The third-order valence-corrected chi connectivity index (χ3v) is 3.58. The normalized spacial score (nSPS) is 18.9. The van der Waals surface area contributed by atoms with E-state index in [4.69, 9.17) is 12.2 Å². The van der Waals surface area contributed by atoms with Crippen LogP contribution >= 0.6 is 12.2 Å². The second-order valence-electron chi connectivity index (χ2n) is 4.47. The first-order chi connectivity index (χ1) is 9.59. The summed E-state index contributed by atoms with van der Waals surface area (Å²) < 4.78 is 1.89. The Labute approximate surface area is 119 Å². The minimum absolute atomic E-state index is 0.0937. The summed E-state index contributed by atoms with van der Waals surface area (Å²) in [5.74, 6) is 0.00225. The Morgan fingerprint density at radius 3 is 2.85 bits per heavy atom. The molecule has 0 bridgehead atoms. The molecule has 0 aliphatic carbocycles. The molecule has 2 amide bonds. The molecule has 3 heterocycles. The number of nitrogens with zero attached hydrogens (tertiary/aromatic N) is 4. The second kappa shape index (κ2) is 4.64. The van der Waals surface area contributed by atoms with E-state index in [1.54, 1.807) is 23.0 Å². The molecule has 1 unspecified atom stereocenters. The Hall–Kier alpha value is -2.35. The Bertz CT molecular complexity index is 736. The average Bonchev–Trinajstić information content (AvgIpc) is 2.95. The monoisotopic (exact) mass is 289 g/mol.